The zero-order valence-electron chi connectivity index (χ0n) is 8.12. The first kappa shape index (κ1) is 9.34. The molecule has 0 fully saturated rings. The molecule has 1 aromatic rings. The molecule has 1 aromatic carbocycles. The number of carbonyl (C=O) groups is 1. The molecule has 1 aliphatic heterocycles. The van der Waals surface area contributed by atoms with E-state index in [0.29, 0.717) is 11.6 Å². The van der Waals surface area contributed by atoms with Gasteiger partial charge in [-0.3, -0.25) is 4.79 Å². The summed E-state index contributed by atoms with van der Waals surface area (Å²) < 4.78 is 0. The van der Waals surface area contributed by atoms with Gasteiger partial charge in [0, 0.05) is 19.1 Å². The molecule has 2 rings (SSSR count). The molecule has 0 unspecified atom stereocenters. The van der Waals surface area contributed by atoms with Gasteiger partial charge < -0.3 is 9.80 Å². The first-order valence-corrected chi connectivity index (χ1v) is 4.74. The van der Waals surface area contributed by atoms with Crippen molar-refractivity contribution in [2.75, 3.05) is 30.4 Å². The van der Waals surface area contributed by atoms with Gasteiger partial charge in [0.2, 0.25) is 5.91 Å². The summed E-state index contributed by atoms with van der Waals surface area (Å²) in [5.74, 6) is 0.0854. The number of anilines is 2. The smallest absolute Gasteiger partial charge is 0.246 e. The van der Waals surface area contributed by atoms with Crippen LogP contribution < -0.4 is 9.80 Å². The third-order valence-corrected chi connectivity index (χ3v) is 2.69. The highest BCUT2D eigenvalue weighted by molar-refractivity contribution is 6.31. The highest BCUT2D eigenvalue weighted by Crippen LogP contribution is 2.33. The molecule has 0 saturated carbocycles. The Labute approximate surface area is 87.9 Å². The number of hydrogen-bond donors (Lipinski definition) is 0. The van der Waals surface area contributed by atoms with Crippen molar-refractivity contribution in [1.82, 2.24) is 0 Å². The molecule has 3 nitrogen and oxygen atoms in total. The zero-order valence-corrected chi connectivity index (χ0v) is 8.88. The number of carbonyl (C=O) groups excluding carboxylic acids is 1. The monoisotopic (exact) mass is 210 g/mol. The fraction of sp³-hybridized carbons (Fsp3) is 0.300. The lowest BCUT2D eigenvalue weighted by molar-refractivity contribution is -0.117. The zero-order chi connectivity index (χ0) is 10.3. The number of hydrogen-bond acceptors (Lipinski definition) is 2. The van der Waals surface area contributed by atoms with E-state index in [4.69, 9.17) is 11.6 Å². The van der Waals surface area contributed by atoms with Gasteiger partial charge >= 0.3 is 0 Å². The third kappa shape index (κ3) is 1.34. The Morgan fingerprint density at radius 1 is 1.29 bits per heavy atom. The number of nitrogens with zero attached hydrogens (tertiary/aromatic N) is 2. The Morgan fingerprint density at radius 3 is 2.71 bits per heavy atom. The van der Waals surface area contributed by atoms with Crippen LogP contribution in [-0.4, -0.2) is 26.5 Å². The predicted octanol–water partition coefficient (Wildman–Crippen LogP) is 1.75. The summed E-state index contributed by atoms with van der Waals surface area (Å²) >= 11 is 5.88. The highest BCUT2D eigenvalue weighted by atomic mass is 35.5. The molecule has 1 heterocycles. The van der Waals surface area contributed by atoms with E-state index in [9.17, 15) is 4.79 Å². The molecule has 0 spiro atoms. The predicted molar refractivity (Wildman–Crippen MR) is 58.1 cm³/mol. The van der Waals surface area contributed by atoms with Crippen LogP contribution in [0.25, 0.3) is 0 Å². The standard InChI is InChI=1S/C10H11ClN2O/c1-12-6-10(14)13(2)9-5-7(11)3-4-8(9)12/h3-5H,6H2,1-2H3. The van der Waals surface area contributed by atoms with Crippen LogP contribution in [0.5, 0.6) is 0 Å². The van der Waals surface area contributed by atoms with Gasteiger partial charge in [-0.1, -0.05) is 11.6 Å². The molecule has 0 radical (unpaired) electrons. The normalized spacial score (nSPS) is 15.8. The van der Waals surface area contributed by atoms with Crippen molar-refractivity contribution in [1.29, 1.82) is 0 Å². The van der Waals surface area contributed by atoms with E-state index in [2.05, 4.69) is 0 Å². The molecular formula is C10H11ClN2O. The van der Waals surface area contributed by atoms with Gasteiger partial charge in [-0.2, -0.15) is 0 Å². The second-order valence-corrected chi connectivity index (χ2v) is 3.88. The van der Waals surface area contributed by atoms with Crippen molar-refractivity contribution >= 4 is 28.9 Å². The highest BCUT2D eigenvalue weighted by Gasteiger charge is 2.24. The number of rotatable bonds is 0. The van der Waals surface area contributed by atoms with Crippen LogP contribution in [0.1, 0.15) is 0 Å². The van der Waals surface area contributed by atoms with Gasteiger partial charge in [0.1, 0.15) is 0 Å². The van der Waals surface area contributed by atoms with Crippen molar-refractivity contribution in [3.63, 3.8) is 0 Å². The maximum Gasteiger partial charge on any atom is 0.246 e. The number of halogens is 1. The molecular weight excluding hydrogens is 200 g/mol. The molecule has 14 heavy (non-hydrogen) atoms. The Kier molecular flexibility index (Phi) is 2.11. The van der Waals surface area contributed by atoms with E-state index in [0.717, 1.165) is 11.4 Å². The lowest BCUT2D eigenvalue weighted by atomic mass is 10.2. The Bertz CT molecular complexity index is 392. The van der Waals surface area contributed by atoms with Crippen molar-refractivity contribution in [2.24, 2.45) is 0 Å². The summed E-state index contributed by atoms with van der Waals surface area (Å²) in [6.07, 6.45) is 0. The first-order chi connectivity index (χ1) is 6.59. The van der Waals surface area contributed by atoms with Crippen molar-refractivity contribution in [3.05, 3.63) is 23.2 Å². The van der Waals surface area contributed by atoms with Gasteiger partial charge in [0.15, 0.2) is 0 Å². The Hall–Kier alpha value is -1.22. The lowest BCUT2D eigenvalue weighted by Gasteiger charge is -2.33. The van der Waals surface area contributed by atoms with Crippen LogP contribution in [-0.2, 0) is 4.79 Å². The van der Waals surface area contributed by atoms with E-state index in [1.165, 1.54) is 0 Å². The number of fused-ring (bicyclic) bond motifs is 1. The molecule has 4 heteroatoms. The fourth-order valence-corrected chi connectivity index (χ4v) is 1.78. The van der Waals surface area contributed by atoms with Crippen molar-refractivity contribution in [3.8, 4) is 0 Å². The summed E-state index contributed by atoms with van der Waals surface area (Å²) in [7, 11) is 3.67. The molecule has 1 aliphatic rings. The van der Waals surface area contributed by atoms with Crippen LogP contribution in [0.15, 0.2) is 18.2 Å². The quantitative estimate of drug-likeness (QED) is 0.652. The van der Waals surface area contributed by atoms with E-state index in [1.54, 1.807) is 11.9 Å². The van der Waals surface area contributed by atoms with Crippen LogP contribution in [0.2, 0.25) is 5.02 Å². The summed E-state index contributed by atoms with van der Waals surface area (Å²) in [5, 5.41) is 0.652. The second-order valence-electron chi connectivity index (χ2n) is 3.44. The van der Waals surface area contributed by atoms with Gasteiger partial charge in [-0.15, -0.1) is 0 Å². The molecule has 0 atom stereocenters. The molecule has 0 N–H and O–H groups in total. The second kappa shape index (κ2) is 3.17. The minimum absolute atomic E-state index is 0.0854. The van der Waals surface area contributed by atoms with Crippen molar-refractivity contribution in [2.45, 2.75) is 0 Å². The summed E-state index contributed by atoms with van der Waals surface area (Å²) in [6.45, 7) is 0.422. The maximum absolute atomic E-state index is 11.5. The van der Waals surface area contributed by atoms with Crippen molar-refractivity contribution < 1.29 is 4.79 Å². The maximum atomic E-state index is 11.5. The molecule has 0 aliphatic carbocycles. The third-order valence-electron chi connectivity index (χ3n) is 2.46. The number of benzene rings is 1. The average Bonchev–Trinajstić information content (AvgIpc) is 2.14. The largest absolute Gasteiger partial charge is 0.364 e. The van der Waals surface area contributed by atoms with Crippen LogP contribution in [0.3, 0.4) is 0 Å². The lowest BCUT2D eigenvalue weighted by Crippen LogP contribution is -2.41. The average molecular weight is 211 g/mol. The summed E-state index contributed by atoms with van der Waals surface area (Å²) in [4.78, 5) is 15.1. The van der Waals surface area contributed by atoms with Crippen LogP contribution >= 0.6 is 11.6 Å². The van der Waals surface area contributed by atoms with Crippen LogP contribution in [0, 0.1) is 0 Å². The summed E-state index contributed by atoms with van der Waals surface area (Å²) in [6, 6.07) is 5.57. The van der Waals surface area contributed by atoms with E-state index in [-0.39, 0.29) is 5.91 Å². The first-order valence-electron chi connectivity index (χ1n) is 4.37. The topological polar surface area (TPSA) is 23.6 Å². The van der Waals surface area contributed by atoms with Crippen LogP contribution in [0.4, 0.5) is 11.4 Å². The van der Waals surface area contributed by atoms with Gasteiger partial charge in [-0.25, -0.2) is 0 Å². The van der Waals surface area contributed by atoms with E-state index in [1.807, 2.05) is 30.1 Å². The minimum atomic E-state index is 0.0854. The van der Waals surface area contributed by atoms with E-state index >= 15 is 0 Å². The summed E-state index contributed by atoms with van der Waals surface area (Å²) in [5.41, 5.74) is 1.91. The van der Waals surface area contributed by atoms with Gasteiger partial charge in [0.25, 0.3) is 0 Å². The van der Waals surface area contributed by atoms with Gasteiger partial charge in [0.05, 0.1) is 17.9 Å². The molecule has 1 amide bonds. The molecule has 74 valence electrons. The Morgan fingerprint density at radius 2 is 2.00 bits per heavy atom. The Balaban J connectivity index is 2.56. The number of amides is 1. The number of likely N-dealkylation sites (N-methyl/N-ethyl adjacent to an activating group) is 2. The fourth-order valence-electron chi connectivity index (χ4n) is 1.62. The SMILES string of the molecule is CN1CC(=O)N(C)c2cc(Cl)ccc21. The molecule has 0 saturated heterocycles. The molecule has 0 bridgehead atoms. The van der Waals surface area contributed by atoms with E-state index < -0.39 is 0 Å². The van der Waals surface area contributed by atoms with Gasteiger partial charge in [-0.05, 0) is 18.2 Å². The minimum Gasteiger partial charge on any atom is -0.364 e. The molecule has 0 aromatic heterocycles.